The van der Waals surface area contributed by atoms with Crippen LogP contribution in [0.4, 0.5) is 0 Å². The molecule has 0 spiro atoms. The van der Waals surface area contributed by atoms with Gasteiger partial charge in [0.1, 0.15) is 21.2 Å². The zero-order valence-electron chi connectivity index (χ0n) is 10.6. The lowest BCUT2D eigenvalue weighted by molar-refractivity contribution is 0.415. The van der Waals surface area contributed by atoms with Crippen LogP contribution in [0.1, 0.15) is 10.7 Å². The number of oxazole rings is 1. The average molecular weight is 275 g/mol. The number of hydrogen-bond acceptors (Lipinski definition) is 6. The smallest absolute Gasteiger partial charge is 0.239 e. The second kappa shape index (κ2) is 4.64. The number of thiazole rings is 1. The van der Waals surface area contributed by atoms with Crippen molar-refractivity contribution in [3.8, 4) is 16.5 Å². The number of nitrogens with zero attached hydrogens (tertiary/aromatic N) is 2. The third-order valence-corrected chi connectivity index (χ3v) is 3.97. The maximum absolute atomic E-state index is 5.76. The van der Waals surface area contributed by atoms with Gasteiger partial charge in [0.15, 0.2) is 5.58 Å². The topological polar surface area (TPSA) is 74.2 Å². The molecule has 2 N–H and O–H groups in total. The molecule has 0 aliphatic rings. The number of rotatable bonds is 3. The number of hydrogen-bond donors (Lipinski definition) is 1. The minimum atomic E-state index is 0.430. The predicted octanol–water partition coefficient (Wildman–Crippen LogP) is 2.73. The third-order valence-electron chi connectivity index (χ3n) is 2.80. The summed E-state index contributed by atoms with van der Waals surface area (Å²) in [5.41, 5.74) is 8.00. The molecule has 0 aliphatic carbocycles. The highest BCUT2D eigenvalue weighted by Crippen LogP contribution is 2.32. The Morgan fingerprint density at radius 2 is 2.21 bits per heavy atom. The van der Waals surface area contributed by atoms with Crippen LogP contribution in [0.15, 0.2) is 22.6 Å². The zero-order valence-corrected chi connectivity index (χ0v) is 11.5. The summed E-state index contributed by atoms with van der Waals surface area (Å²) in [6.07, 6.45) is 0. The largest absolute Gasteiger partial charge is 0.497 e. The first-order chi connectivity index (χ1) is 9.21. The van der Waals surface area contributed by atoms with Crippen LogP contribution in [0.3, 0.4) is 0 Å². The summed E-state index contributed by atoms with van der Waals surface area (Å²) in [7, 11) is 1.63. The Balaban J connectivity index is 2.11. The van der Waals surface area contributed by atoms with Gasteiger partial charge in [0.05, 0.1) is 12.8 Å². The van der Waals surface area contributed by atoms with Crippen LogP contribution in [-0.2, 0) is 6.54 Å². The second-order valence-electron chi connectivity index (χ2n) is 4.08. The summed E-state index contributed by atoms with van der Waals surface area (Å²) in [6, 6.07) is 5.55. The molecular formula is C13H13N3O2S. The van der Waals surface area contributed by atoms with Crippen molar-refractivity contribution in [3.05, 3.63) is 28.9 Å². The molecule has 5 nitrogen and oxygen atoms in total. The van der Waals surface area contributed by atoms with Crippen molar-refractivity contribution >= 4 is 22.4 Å². The fourth-order valence-corrected chi connectivity index (χ4v) is 2.74. The number of aromatic nitrogens is 2. The van der Waals surface area contributed by atoms with Crippen LogP contribution < -0.4 is 10.5 Å². The molecule has 2 heterocycles. The Hall–Kier alpha value is -1.92. The first kappa shape index (κ1) is 12.1. The van der Waals surface area contributed by atoms with E-state index in [1.165, 1.54) is 11.3 Å². The molecule has 3 aromatic rings. The van der Waals surface area contributed by atoms with Crippen LogP contribution in [0.2, 0.25) is 0 Å². The van der Waals surface area contributed by atoms with Crippen molar-refractivity contribution in [1.29, 1.82) is 0 Å². The Morgan fingerprint density at radius 3 is 2.89 bits per heavy atom. The minimum Gasteiger partial charge on any atom is -0.497 e. The molecule has 0 saturated heterocycles. The molecule has 3 rings (SSSR count). The van der Waals surface area contributed by atoms with Gasteiger partial charge in [-0.15, -0.1) is 11.3 Å². The van der Waals surface area contributed by atoms with Crippen LogP contribution in [0.25, 0.3) is 21.9 Å². The van der Waals surface area contributed by atoms with Crippen LogP contribution in [0, 0.1) is 6.92 Å². The molecule has 0 unspecified atom stereocenters. The lowest BCUT2D eigenvalue weighted by atomic mass is 10.3. The maximum atomic E-state index is 5.76. The van der Waals surface area contributed by atoms with Gasteiger partial charge in [-0.2, -0.15) is 0 Å². The molecule has 0 saturated carbocycles. The van der Waals surface area contributed by atoms with Gasteiger partial charge < -0.3 is 14.9 Å². The molecule has 6 heteroatoms. The molecular weight excluding hydrogens is 262 g/mol. The van der Waals surface area contributed by atoms with Crippen LogP contribution in [-0.4, -0.2) is 17.1 Å². The molecule has 2 aromatic heterocycles. The SMILES string of the molecule is COc1ccc2oc(-c3sc(CN)nc3C)nc2c1. The van der Waals surface area contributed by atoms with E-state index in [-0.39, 0.29) is 0 Å². The fourth-order valence-electron chi connectivity index (χ4n) is 1.87. The first-order valence-corrected chi connectivity index (χ1v) is 6.64. The monoisotopic (exact) mass is 275 g/mol. The molecule has 19 heavy (non-hydrogen) atoms. The van der Waals surface area contributed by atoms with E-state index in [0.717, 1.165) is 32.4 Å². The molecule has 98 valence electrons. The number of methoxy groups -OCH3 is 1. The summed E-state index contributed by atoms with van der Waals surface area (Å²) < 4.78 is 10.9. The summed E-state index contributed by atoms with van der Waals surface area (Å²) in [4.78, 5) is 9.79. The van der Waals surface area contributed by atoms with E-state index in [2.05, 4.69) is 9.97 Å². The van der Waals surface area contributed by atoms with E-state index in [4.69, 9.17) is 14.9 Å². The lowest BCUT2D eigenvalue weighted by Gasteiger charge is -1.95. The van der Waals surface area contributed by atoms with Gasteiger partial charge >= 0.3 is 0 Å². The Labute approximate surface area is 114 Å². The molecule has 1 aromatic carbocycles. The molecule has 0 fully saturated rings. The highest BCUT2D eigenvalue weighted by atomic mass is 32.1. The number of ether oxygens (including phenoxy) is 1. The van der Waals surface area contributed by atoms with Crippen molar-refractivity contribution in [2.45, 2.75) is 13.5 Å². The minimum absolute atomic E-state index is 0.430. The van der Waals surface area contributed by atoms with Crippen LogP contribution in [0.5, 0.6) is 5.75 Å². The third kappa shape index (κ3) is 2.09. The first-order valence-electron chi connectivity index (χ1n) is 5.82. The predicted molar refractivity (Wildman–Crippen MR) is 74.3 cm³/mol. The van der Waals surface area contributed by atoms with Gasteiger partial charge in [0.25, 0.3) is 0 Å². The maximum Gasteiger partial charge on any atom is 0.239 e. The van der Waals surface area contributed by atoms with Crippen molar-refractivity contribution < 1.29 is 9.15 Å². The summed E-state index contributed by atoms with van der Waals surface area (Å²) >= 11 is 1.51. The van der Waals surface area contributed by atoms with E-state index in [0.29, 0.717) is 12.4 Å². The summed E-state index contributed by atoms with van der Waals surface area (Å²) in [5.74, 6) is 1.34. The van der Waals surface area contributed by atoms with E-state index in [1.54, 1.807) is 7.11 Å². The van der Waals surface area contributed by atoms with Gasteiger partial charge in [0.2, 0.25) is 5.89 Å². The fraction of sp³-hybridized carbons (Fsp3) is 0.231. The van der Waals surface area contributed by atoms with Crippen molar-refractivity contribution in [2.75, 3.05) is 7.11 Å². The Kier molecular flexibility index (Phi) is 2.96. The molecule has 0 amide bonds. The van der Waals surface area contributed by atoms with Crippen molar-refractivity contribution in [2.24, 2.45) is 5.73 Å². The number of fused-ring (bicyclic) bond motifs is 1. The van der Waals surface area contributed by atoms with Gasteiger partial charge in [0, 0.05) is 12.6 Å². The van der Waals surface area contributed by atoms with Gasteiger partial charge in [-0.3, -0.25) is 0 Å². The van der Waals surface area contributed by atoms with E-state index >= 15 is 0 Å². The van der Waals surface area contributed by atoms with Crippen molar-refractivity contribution in [3.63, 3.8) is 0 Å². The lowest BCUT2D eigenvalue weighted by Crippen LogP contribution is -1.94. The standard InChI is InChI=1S/C13H13N3O2S/c1-7-12(19-11(6-14)15-7)13-16-9-5-8(17-2)3-4-10(9)18-13/h3-5H,6,14H2,1-2H3. The zero-order chi connectivity index (χ0) is 13.4. The van der Waals surface area contributed by atoms with E-state index < -0.39 is 0 Å². The summed E-state index contributed by atoms with van der Waals surface area (Å²) in [5, 5.41) is 0.882. The molecule has 0 atom stereocenters. The molecule has 0 aliphatic heterocycles. The normalized spacial score (nSPS) is 11.1. The second-order valence-corrected chi connectivity index (χ2v) is 5.16. The summed E-state index contributed by atoms with van der Waals surface area (Å²) in [6.45, 7) is 2.36. The van der Waals surface area contributed by atoms with Gasteiger partial charge in [-0.05, 0) is 19.1 Å². The molecule has 0 radical (unpaired) electrons. The number of aryl methyl sites for hydroxylation is 1. The average Bonchev–Trinajstić information content (AvgIpc) is 3.00. The molecule has 0 bridgehead atoms. The number of nitrogens with two attached hydrogens (primary N) is 1. The Morgan fingerprint density at radius 1 is 1.37 bits per heavy atom. The number of benzene rings is 1. The highest BCUT2D eigenvalue weighted by molar-refractivity contribution is 7.15. The van der Waals surface area contributed by atoms with Gasteiger partial charge in [-0.25, -0.2) is 9.97 Å². The Bertz CT molecular complexity index is 733. The van der Waals surface area contributed by atoms with Crippen molar-refractivity contribution in [1.82, 2.24) is 9.97 Å². The highest BCUT2D eigenvalue weighted by Gasteiger charge is 2.15. The quantitative estimate of drug-likeness (QED) is 0.795. The van der Waals surface area contributed by atoms with Gasteiger partial charge in [-0.1, -0.05) is 0 Å². The van der Waals surface area contributed by atoms with Crippen LogP contribution >= 0.6 is 11.3 Å². The van der Waals surface area contributed by atoms with E-state index in [1.807, 2.05) is 25.1 Å². The van der Waals surface area contributed by atoms with E-state index in [9.17, 15) is 0 Å².